The van der Waals surface area contributed by atoms with Crippen molar-refractivity contribution in [2.75, 3.05) is 0 Å². The lowest BCUT2D eigenvalue weighted by Crippen LogP contribution is -2.52. The molecule has 1 aromatic carbocycles. The Bertz CT molecular complexity index is 898. The Morgan fingerprint density at radius 3 is 2.44 bits per heavy atom. The maximum absolute atomic E-state index is 6.60. The van der Waals surface area contributed by atoms with Crippen LogP contribution >= 0.6 is 11.6 Å². The van der Waals surface area contributed by atoms with Crippen LogP contribution in [0.3, 0.4) is 0 Å². The van der Waals surface area contributed by atoms with Crippen molar-refractivity contribution < 1.29 is 0 Å². The molecule has 0 aliphatic heterocycles. The van der Waals surface area contributed by atoms with E-state index in [0.717, 1.165) is 46.4 Å². The summed E-state index contributed by atoms with van der Waals surface area (Å²) in [5.74, 6) is 6.46. The maximum Gasteiger partial charge on any atom is 0.0481 e. The minimum atomic E-state index is 0.496. The highest BCUT2D eigenvalue weighted by molar-refractivity contribution is 6.32. The molecule has 3 fully saturated rings. The second-order valence-electron chi connectivity index (χ2n) is 13.8. The maximum atomic E-state index is 6.60. The van der Waals surface area contributed by atoms with E-state index in [1.54, 1.807) is 0 Å². The molecule has 0 saturated heterocycles. The zero-order valence-electron chi connectivity index (χ0n) is 22.6. The first kappa shape index (κ1) is 24.9. The lowest BCUT2D eigenvalue weighted by Gasteiger charge is -2.60. The monoisotopic (exact) mass is 480 g/mol. The first-order chi connectivity index (χ1) is 16.2. The Morgan fingerprint density at radius 2 is 1.68 bits per heavy atom. The lowest BCUT2D eigenvalue weighted by molar-refractivity contribution is -0.0999. The largest absolute Gasteiger partial charge is 0.0837 e. The predicted octanol–water partition coefficient (Wildman–Crippen LogP) is 10.5. The van der Waals surface area contributed by atoms with Crippen LogP contribution in [-0.4, -0.2) is 0 Å². The summed E-state index contributed by atoms with van der Waals surface area (Å²) in [6.07, 6.45) is 18.3. The molecular weight excluding hydrogens is 432 g/mol. The van der Waals surface area contributed by atoms with Gasteiger partial charge < -0.3 is 0 Å². The number of fused-ring (bicyclic) bond motifs is 5. The molecule has 0 bridgehead atoms. The van der Waals surface area contributed by atoms with Crippen molar-refractivity contribution in [2.24, 2.45) is 52.3 Å². The van der Waals surface area contributed by atoms with Gasteiger partial charge in [-0.2, -0.15) is 0 Å². The number of hydrogen-bond donors (Lipinski definition) is 0. The Balaban J connectivity index is 1.31. The van der Waals surface area contributed by atoms with E-state index < -0.39 is 0 Å². The average molecular weight is 481 g/mol. The standard InChI is InChI=1S/C33H49Cl/c1-22(2)9-8-10-23(3)28-15-16-29-27-14-13-25-21-24(26-11-6-7-12-31(26)34)17-19-32(25,4)30(27)18-20-33(28,29)5/h6-7,11-12,17,22-23,25,27-30H,8-10,13-16,18-21H2,1-5H3/t23-,25-,27+,28-,29+,30+,32+,33-/m1/s1. The summed E-state index contributed by atoms with van der Waals surface area (Å²) < 4.78 is 0. The van der Waals surface area contributed by atoms with Crippen LogP contribution in [0.25, 0.3) is 5.57 Å². The number of benzene rings is 1. The van der Waals surface area contributed by atoms with Crippen LogP contribution in [0.15, 0.2) is 30.3 Å². The molecule has 0 spiro atoms. The first-order valence-electron chi connectivity index (χ1n) is 14.7. The Hall–Kier alpha value is -0.750. The average Bonchev–Trinajstić information content (AvgIpc) is 3.16. The number of halogens is 1. The van der Waals surface area contributed by atoms with Crippen LogP contribution in [0.2, 0.25) is 5.02 Å². The van der Waals surface area contributed by atoms with Crippen LogP contribution in [0.5, 0.6) is 0 Å². The van der Waals surface area contributed by atoms with Crippen molar-refractivity contribution in [3.8, 4) is 0 Å². The van der Waals surface area contributed by atoms with Gasteiger partial charge in [-0.15, -0.1) is 0 Å². The molecule has 1 aromatic rings. The van der Waals surface area contributed by atoms with Crippen molar-refractivity contribution >= 4 is 17.2 Å². The molecule has 0 radical (unpaired) electrons. The van der Waals surface area contributed by atoms with E-state index in [9.17, 15) is 0 Å². The molecule has 4 aliphatic carbocycles. The van der Waals surface area contributed by atoms with Crippen LogP contribution in [0.1, 0.15) is 111 Å². The summed E-state index contributed by atoms with van der Waals surface area (Å²) in [6.45, 7) is 12.8. The Morgan fingerprint density at radius 1 is 0.912 bits per heavy atom. The fourth-order valence-electron chi connectivity index (χ4n) is 9.85. The van der Waals surface area contributed by atoms with Gasteiger partial charge in [0.05, 0.1) is 0 Å². The predicted molar refractivity (Wildman–Crippen MR) is 148 cm³/mol. The Labute approximate surface area is 215 Å². The van der Waals surface area contributed by atoms with Gasteiger partial charge >= 0.3 is 0 Å². The van der Waals surface area contributed by atoms with Gasteiger partial charge in [-0.25, -0.2) is 0 Å². The summed E-state index contributed by atoms with van der Waals surface area (Å²) in [4.78, 5) is 0. The number of allylic oxidation sites excluding steroid dienone is 2. The van der Waals surface area contributed by atoms with E-state index in [-0.39, 0.29) is 0 Å². The molecule has 34 heavy (non-hydrogen) atoms. The first-order valence-corrected chi connectivity index (χ1v) is 15.1. The summed E-state index contributed by atoms with van der Waals surface area (Å²) in [6, 6.07) is 8.50. The van der Waals surface area contributed by atoms with Gasteiger partial charge in [-0.1, -0.05) is 89.8 Å². The van der Waals surface area contributed by atoms with Gasteiger partial charge in [0.1, 0.15) is 0 Å². The van der Waals surface area contributed by atoms with E-state index in [1.165, 1.54) is 81.8 Å². The fourth-order valence-corrected chi connectivity index (χ4v) is 10.1. The summed E-state index contributed by atoms with van der Waals surface area (Å²) >= 11 is 6.60. The van der Waals surface area contributed by atoms with E-state index in [4.69, 9.17) is 11.6 Å². The third-order valence-corrected chi connectivity index (χ3v) is 12.1. The minimum absolute atomic E-state index is 0.496. The van der Waals surface area contributed by atoms with Crippen LogP contribution in [0.4, 0.5) is 0 Å². The highest BCUT2D eigenvalue weighted by atomic mass is 35.5. The van der Waals surface area contributed by atoms with Crippen molar-refractivity contribution in [2.45, 2.75) is 105 Å². The summed E-state index contributed by atoms with van der Waals surface area (Å²) in [7, 11) is 0. The van der Waals surface area contributed by atoms with Gasteiger partial charge in [0.2, 0.25) is 0 Å². The summed E-state index contributed by atoms with van der Waals surface area (Å²) in [5.41, 5.74) is 3.91. The molecule has 188 valence electrons. The SMILES string of the molecule is CC(C)CCC[C@@H](C)[C@H]1CC[C@H]2[C@@H]3CC[C@@H]4CC(c5ccccc5Cl)=CC[C@]4(C)[C@H]3CC[C@]12C. The normalized spacial score (nSPS) is 40.3. The zero-order chi connectivity index (χ0) is 24.1. The molecule has 0 heterocycles. The van der Waals surface area contributed by atoms with Crippen molar-refractivity contribution in [3.63, 3.8) is 0 Å². The Kier molecular flexibility index (Phi) is 7.04. The molecule has 3 saturated carbocycles. The zero-order valence-corrected chi connectivity index (χ0v) is 23.3. The van der Waals surface area contributed by atoms with Crippen molar-refractivity contribution in [3.05, 3.63) is 40.9 Å². The molecule has 0 nitrogen and oxygen atoms in total. The van der Waals surface area contributed by atoms with Crippen LogP contribution in [0, 0.1) is 52.3 Å². The van der Waals surface area contributed by atoms with Crippen LogP contribution < -0.4 is 0 Å². The smallest absolute Gasteiger partial charge is 0.0481 e. The summed E-state index contributed by atoms with van der Waals surface area (Å²) in [5, 5.41) is 0.930. The van der Waals surface area contributed by atoms with Gasteiger partial charge in [0, 0.05) is 5.02 Å². The fraction of sp³-hybridized carbons (Fsp3) is 0.758. The number of rotatable bonds is 6. The molecule has 0 unspecified atom stereocenters. The highest BCUT2D eigenvalue weighted by Gasteiger charge is 2.60. The number of hydrogen-bond acceptors (Lipinski definition) is 0. The van der Waals surface area contributed by atoms with E-state index in [1.807, 2.05) is 0 Å². The molecule has 0 N–H and O–H groups in total. The molecular formula is C33H49Cl. The van der Waals surface area contributed by atoms with Gasteiger partial charge in [0.25, 0.3) is 0 Å². The third-order valence-electron chi connectivity index (χ3n) is 11.7. The quantitative estimate of drug-likeness (QED) is 0.379. The van der Waals surface area contributed by atoms with Gasteiger partial charge in [0.15, 0.2) is 0 Å². The van der Waals surface area contributed by atoms with Crippen LogP contribution in [-0.2, 0) is 0 Å². The third kappa shape index (κ3) is 4.23. The molecule has 1 heteroatoms. The van der Waals surface area contributed by atoms with E-state index in [2.05, 4.69) is 65.0 Å². The molecule has 0 aromatic heterocycles. The molecule has 4 aliphatic rings. The van der Waals surface area contributed by atoms with E-state index in [0.29, 0.717) is 10.8 Å². The molecule has 5 rings (SSSR count). The van der Waals surface area contributed by atoms with Gasteiger partial charge in [-0.05, 0) is 121 Å². The van der Waals surface area contributed by atoms with Crippen molar-refractivity contribution in [1.29, 1.82) is 0 Å². The molecule has 8 atom stereocenters. The van der Waals surface area contributed by atoms with E-state index >= 15 is 0 Å². The lowest BCUT2D eigenvalue weighted by atomic mass is 9.44. The second kappa shape index (κ2) is 9.61. The second-order valence-corrected chi connectivity index (χ2v) is 14.2. The topological polar surface area (TPSA) is 0 Å². The van der Waals surface area contributed by atoms with Gasteiger partial charge in [-0.3, -0.25) is 0 Å². The van der Waals surface area contributed by atoms with Crippen molar-refractivity contribution in [1.82, 2.24) is 0 Å². The highest BCUT2D eigenvalue weighted by Crippen LogP contribution is 2.68. The molecule has 0 amide bonds. The minimum Gasteiger partial charge on any atom is -0.0837 e.